The molecule has 1 atom stereocenters. The number of amides is 2. The number of carbonyl (C=O) groups excluding carboxylic acids is 3. The molecular formula is C19H29N3O6. The molecule has 1 fully saturated rings. The molecule has 0 N–H and O–H groups in total. The predicted molar refractivity (Wildman–Crippen MR) is 99.6 cm³/mol. The molecule has 0 spiro atoms. The van der Waals surface area contributed by atoms with E-state index >= 15 is 0 Å². The van der Waals surface area contributed by atoms with Crippen molar-refractivity contribution < 1.29 is 28.3 Å². The maximum atomic E-state index is 12.8. The molecule has 156 valence electrons. The zero-order valence-corrected chi connectivity index (χ0v) is 17.4. The van der Waals surface area contributed by atoms with E-state index in [9.17, 15) is 14.4 Å². The summed E-state index contributed by atoms with van der Waals surface area (Å²) in [5.74, 6) is -0.977. The Hall–Kier alpha value is -2.58. The van der Waals surface area contributed by atoms with Gasteiger partial charge in [-0.25, -0.2) is 9.78 Å². The highest BCUT2D eigenvalue weighted by atomic mass is 16.6. The second-order valence-electron chi connectivity index (χ2n) is 8.75. The van der Waals surface area contributed by atoms with Crippen LogP contribution in [-0.2, 0) is 14.3 Å². The zero-order chi connectivity index (χ0) is 21.1. The third kappa shape index (κ3) is 6.24. The Balaban J connectivity index is 2.12. The molecular weight excluding hydrogens is 366 g/mol. The van der Waals surface area contributed by atoms with Gasteiger partial charge in [0.05, 0.1) is 12.2 Å². The molecule has 1 unspecified atom stereocenters. The molecule has 1 saturated heterocycles. The van der Waals surface area contributed by atoms with Crippen LogP contribution < -0.4 is 0 Å². The van der Waals surface area contributed by atoms with E-state index < -0.39 is 29.2 Å². The number of nitrogens with zero attached hydrogens (tertiary/aromatic N) is 3. The molecule has 2 heterocycles. The molecule has 9 nitrogen and oxygen atoms in total. The highest BCUT2D eigenvalue weighted by Gasteiger charge is 2.37. The Labute approximate surface area is 165 Å². The van der Waals surface area contributed by atoms with Gasteiger partial charge in [0.2, 0.25) is 5.76 Å². The van der Waals surface area contributed by atoms with Crippen molar-refractivity contribution in [3.05, 3.63) is 18.4 Å². The third-order valence-electron chi connectivity index (χ3n) is 3.88. The van der Waals surface area contributed by atoms with Gasteiger partial charge in [-0.3, -0.25) is 9.59 Å². The Morgan fingerprint density at radius 2 is 1.82 bits per heavy atom. The second-order valence-corrected chi connectivity index (χ2v) is 8.75. The number of hydrogen-bond acceptors (Lipinski definition) is 7. The first-order valence-electron chi connectivity index (χ1n) is 9.25. The van der Waals surface area contributed by atoms with E-state index in [-0.39, 0.29) is 24.9 Å². The Bertz CT molecular complexity index is 702. The summed E-state index contributed by atoms with van der Waals surface area (Å²) in [7, 11) is 0. The number of likely N-dealkylation sites (tertiary alicyclic amines) is 1. The number of ether oxygens (including phenoxy) is 2. The van der Waals surface area contributed by atoms with Gasteiger partial charge in [0.1, 0.15) is 17.7 Å². The lowest BCUT2D eigenvalue weighted by molar-refractivity contribution is -0.156. The van der Waals surface area contributed by atoms with E-state index in [1.807, 2.05) is 0 Å². The van der Waals surface area contributed by atoms with E-state index in [2.05, 4.69) is 4.98 Å². The van der Waals surface area contributed by atoms with Crippen molar-refractivity contribution in [2.75, 3.05) is 19.6 Å². The first-order chi connectivity index (χ1) is 12.9. The number of aromatic nitrogens is 1. The van der Waals surface area contributed by atoms with Crippen LogP contribution in [0.1, 0.15) is 58.5 Å². The molecule has 0 bridgehead atoms. The molecule has 1 aromatic heterocycles. The summed E-state index contributed by atoms with van der Waals surface area (Å²) in [5.41, 5.74) is -1.28. The molecule has 1 aliphatic rings. The fraction of sp³-hybridized carbons (Fsp3) is 0.684. The van der Waals surface area contributed by atoms with E-state index in [0.29, 0.717) is 13.0 Å². The lowest BCUT2D eigenvalue weighted by Gasteiger charge is -2.29. The molecule has 1 aromatic rings. The zero-order valence-electron chi connectivity index (χ0n) is 17.4. The predicted octanol–water partition coefficient (Wildman–Crippen LogP) is 2.47. The standard InChI is InChI=1S/C19H29N3O6/c1-18(2,3)27-15(23)11-22(16(24)14-9-20-12-26-14)13-7-8-21(10-13)17(25)28-19(4,5)6/h9,12-13H,7-8,10-11H2,1-6H3. The highest BCUT2D eigenvalue weighted by molar-refractivity contribution is 5.93. The molecule has 1 aliphatic heterocycles. The molecule has 2 amide bonds. The van der Waals surface area contributed by atoms with Crippen LogP contribution in [0, 0.1) is 0 Å². The summed E-state index contributed by atoms with van der Waals surface area (Å²) in [6.07, 6.45) is 2.52. The van der Waals surface area contributed by atoms with Crippen LogP contribution in [0.4, 0.5) is 4.79 Å². The van der Waals surface area contributed by atoms with Gasteiger partial charge in [0.25, 0.3) is 5.91 Å². The number of esters is 1. The number of carbonyl (C=O) groups is 3. The quantitative estimate of drug-likeness (QED) is 0.722. The lowest BCUT2D eigenvalue weighted by atomic mass is 10.2. The fourth-order valence-corrected chi connectivity index (χ4v) is 2.83. The summed E-state index contributed by atoms with van der Waals surface area (Å²) in [5, 5.41) is 0. The molecule has 28 heavy (non-hydrogen) atoms. The Morgan fingerprint density at radius 3 is 2.36 bits per heavy atom. The molecule has 0 radical (unpaired) electrons. The van der Waals surface area contributed by atoms with Crippen LogP contribution in [0.5, 0.6) is 0 Å². The summed E-state index contributed by atoms with van der Waals surface area (Å²) in [4.78, 5) is 44.2. The van der Waals surface area contributed by atoms with Crippen molar-refractivity contribution in [3.63, 3.8) is 0 Å². The van der Waals surface area contributed by atoms with E-state index in [1.165, 1.54) is 16.0 Å². The van der Waals surface area contributed by atoms with Crippen LogP contribution in [0.2, 0.25) is 0 Å². The van der Waals surface area contributed by atoms with E-state index in [0.717, 1.165) is 6.39 Å². The van der Waals surface area contributed by atoms with Gasteiger partial charge in [-0.05, 0) is 48.0 Å². The lowest BCUT2D eigenvalue weighted by Crippen LogP contribution is -2.46. The highest BCUT2D eigenvalue weighted by Crippen LogP contribution is 2.21. The number of hydrogen-bond donors (Lipinski definition) is 0. The SMILES string of the molecule is CC(C)(C)OC(=O)CN(C(=O)c1cnco1)C1CCN(C(=O)OC(C)(C)C)C1. The number of oxazole rings is 1. The van der Waals surface area contributed by atoms with Crippen molar-refractivity contribution in [2.45, 2.75) is 65.2 Å². The minimum Gasteiger partial charge on any atom is -0.459 e. The van der Waals surface area contributed by atoms with Crippen LogP contribution in [0.25, 0.3) is 0 Å². The van der Waals surface area contributed by atoms with E-state index in [4.69, 9.17) is 13.9 Å². The van der Waals surface area contributed by atoms with Gasteiger partial charge in [-0.2, -0.15) is 0 Å². The van der Waals surface area contributed by atoms with Gasteiger partial charge in [-0.1, -0.05) is 0 Å². The van der Waals surface area contributed by atoms with Gasteiger partial charge >= 0.3 is 12.1 Å². The van der Waals surface area contributed by atoms with Crippen molar-refractivity contribution in [1.82, 2.24) is 14.8 Å². The topological polar surface area (TPSA) is 102 Å². The molecule has 2 rings (SSSR count). The van der Waals surface area contributed by atoms with Gasteiger partial charge in [-0.15, -0.1) is 0 Å². The summed E-state index contributed by atoms with van der Waals surface area (Å²) in [6, 6.07) is -0.363. The summed E-state index contributed by atoms with van der Waals surface area (Å²) < 4.78 is 15.8. The maximum absolute atomic E-state index is 12.8. The molecule has 0 aromatic carbocycles. The Morgan fingerprint density at radius 1 is 1.18 bits per heavy atom. The van der Waals surface area contributed by atoms with Crippen molar-refractivity contribution >= 4 is 18.0 Å². The average molecular weight is 395 g/mol. The van der Waals surface area contributed by atoms with Gasteiger partial charge in [0.15, 0.2) is 6.39 Å². The minimum absolute atomic E-state index is 0.0271. The molecule has 0 aliphatic carbocycles. The largest absolute Gasteiger partial charge is 0.459 e. The van der Waals surface area contributed by atoms with Crippen molar-refractivity contribution in [3.8, 4) is 0 Å². The first-order valence-corrected chi connectivity index (χ1v) is 9.25. The second kappa shape index (κ2) is 8.20. The van der Waals surface area contributed by atoms with Gasteiger partial charge in [0, 0.05) is 13.1 Å². The third-order valence-corrected chi connectivity index (χ3v) is 3.88. The van der Waals surface area contributed by atoms with Crippen LogP contribution in [0.3, 0.4) is 0 Å². The normalized spacial score (nSPS) is 17.4. The summed E-state index contributed by atoms with van der Waals surface area (Å²) >= 11 is 0. The maximum Gasteiger partial charge on any atom is 0.410 e. The first kappa shape index (κ1) is 21.7. The fourth-order valence-electron chi connectivity index (χ4n) is 2.83. The summed E-state index contributed by atoms with van der Waals surface area (Å²) in [6.45, 7) is 11.1. The molecule has 0 saturated carbocycles. The van der Waals surface area contributed by atoms with Crippen LogP contribution in [-0.4, -0.2) is 69.6 Å². The van der Waals surface area contributed by atoms with E-state index in [1.54, 1.807) is 41.5 Å². The van der Waals surface area contributed by atoms with Crippen molar-refractivity contribution in [1.29, 1.82) is 0 Å². The molecule has 9 heteroatoms. The van der Waals surface area contributed by atoms with Crippen LogP contribution in [0.15, 0.2) is 17.0 Å². The Kier molecular flexibility index (Phi) is 6.36. The van der Waals surface area contributed by atoms with Gasteiger partial charge < -0.3 is 23.7 Å². The van der Waals surface area contributed by atoms with Crippen molar-refractivity contribution in [2.24, 2.45) is 0 Å². The van der Waals surface area contributed by atoms with Crippen LogP contribution >= 0.6 is 0 Å². The number of rotatable bonds is 4. The smallest absolute Gasteiger partial charge is 0.410 e. The minimum atomic E-state index is -0.670. The average Bonchev–Trinajstić information content (AvgIpc) is 3.20. The monoisotopic (exact) mass is 395 g/mol.